The molecule has 0 saturated carbocycles. The Morgan fingerprint density at radius 3 is 2.64 bits per heavy atom. The summed E-state index contributed by atoms with van der Waals surface area (Å²) in [5.74, 6) is -0.478. The Hall–Kier alpha value is -2.54. The Bertz CT molecular complexity index is 690. The van der Waals surface area contributed by atoms with Gasteiger partial charge in [0.05, 0.1) is 6.21 Å². The van der Waals surface area contributed by atoms with E-state index in [1.54, 1.807) is 24.3 Å². The molecule has 0 spiro atoms. The van der Waals surface area contributed by atoms with Crippen molar-refractivity contribution in [3.8, 4) is 5.75 Å². The van der Waals surface area contributed by atoms with E-state index in [9.17, 15) is 8.78 Å². The molecule has 4 nitrogen and oxygen atoms in total. The molecule has 114 valence electrons. The average molecular weight is 321 g/mol. The number of hydrazone groups is 1. The highest BCUT2D eigenvalue weighted by Crippen LogP contribution is 2.16. The minimum atomic E-state index is -0.506. The lowest BCUT2D eigenvalue weighted by Gasteiger charge is -2.07. The van der Waals surface area contributed by atoms with Gasteiger partial charge in [-0.2, -0.15) is 5.10 Å². The second-order valence-electron chi connectivity index (χ2n) is 4.33. The third kappa shape index (κ3) is 4.78. The normalized spacial score (nSPS) is 10.6. The van der Waals surface area contributed by atoms with Crippen LogP contribution in [0.25, 0.3) is 0 Å². The Morgan fingerprint density at radius 1 is 1.23 bits per heavy atom. The lowest BCUT2D eigenvalue weighted by Crippen LogP contribution is -2.23. The number of nitrogens with two attached hydrogens (primary N) is 1. The minimum Gasteiger partial charge on any atom is -0.489 e. The van der Waals surface area contributed by atoms with Crippen LogP contribution in [0, 0.1) is 11.6 Å². The largest absolute Gasteiger partial charge is 0.489 e. The number of nitrogens with zero attached hydrogens (tertiary/aromatic N) is 1. The maximum absolute atomic E-state index is 13.4. The summed E-state index contributed by atoms with van der Waals surface area (Å²) < 4.78 is 31.9. The first kappa shape index (κ1) is 15.8. The van der Waals surface area contributed by atoms with Gasteiger partial charge in [0, 0.05) is 5.56 Å². The molecule has 0 aliphatic rings. The van der Waals surface area contributed by atoms with Crippen LogP contribution in [0.1, 0.15) is 11.1 Å². The number of hydrogen-bond acceptors (Lipinski definition) is 3. The van der Waals surface area contributed by atoms with Crippen molar-refractivity contribution in [2.75, 3.05) is 0 Å². The van der Waals surface area contributed by atoms with E-state index < -0.39 is 11.6 Å². The van der Waals surface area contributed by atoms with Crippen LogP contribution >= 0.6 is 12.2 Å². The van der Waals surface area contributed by atoms with Crippen LogP contribution in [0.4, 0.5) is 8.78 Å². The highest BCUT2D eigenvalue weighted by molar-refractivity contribution is 7.80. The van der Waals surface area contributed by atoms with Crippen molar-refractivity contribution >= 4 is 23.5 Å². The fraction of sp³-hybridized carbons (Fsp3) is 0.0667. The van der Waals surface area contributed by atoms with Gasteiger partial charge in [0.25, 0.3) is 0 Å². The van der Waals surface area contributed by atoms with Gasteiger partial charge < -0.3 is 10.5 Å². The van der Waals surface area contributed by atoms with Gasteiger partial charge in [-0.05, 0) is 60.2 Å². The van der Waals surface area contributed by atoms with Crippen molar-refractivity contribution in [3.63, 3.8) is 0 Å². The van der Waals surface area contributed by atoms with Gasteiger partial charge in [-0.3, -0.25) is 5.43 Å². The zero-order valence-corrected chi connectivity index (χ0v) is 12.2. The topological polar surface area (TPSA) is 59.6 Å². The van der Waals surface area contributed by atoms with E-state index in [4.69, 9.17) is 10.5 Å². The summed E-state index contributed by atoms with van der Waals surface area (Å²) in [6.07, 6.45) is 1.54. The fourth-order valence-corrected chi connectivity index (χ4v) is 1.69. The third-order valence-electron chi connectivity index (χ3n) is 2.67. The van der Waals surface area contributed by atoms with Crippen LogP contribution in [0.3, 0.4) is 0 Å². The summed E-state index contributed by atoms with van der Waals surface area (Å²) in [7, 11) is 0. The molecule has 2 aromatic rings. The van der Waals surface area contributed by atoms with Crippen molar-refractivity contribution in [3.05, 3.63) is 65.2 Å². The van der Waals surface area contributed by atoms with Crippen LogP contribution in [0.5, 0.6) is 5.75 Å². The summed E-state index contributed by atoms with van der Waals surface area (Å²) >= 11 is 4.61. The van der Waals surface area contributed by atoms with Crippen LogP contribution in [-0.2, 0) is 6.61 Å². The molecule has 0 unspecified atom stereocenters. The average Bonchev–Trinajstić information content (AvgIpc) is 2.49. The molecule has 0 bridgehead atoms. The Balaban J connectivity index is 1.95. The van der Waals surface area contributed by atoms with Gasteiger partial charge in [-0.1, -0.05) is 0 Å². The van der Waals surface area contributed by atoms with Crippen LogP contribution < -0.4 is 15.9 Å². The monoisotopic (exact) mass is 321 g/mol. The van der Waals surface area contributed by atoms with E-state index in [-0.39, 0.29) is 17.3 Å². The van der Waals surface area contributed by atoms with E-state index >= 15 is 0 Å². The molecule has 0 heterocycles. The van der Waals surface area contributed by atoms with Crippen molar-refractivity contribution in [1.82, 2.24) is 5.43 Å². The Labute approximate surface area is 131 Å². The summed E-state index contributed by atoms with van der Waals surface area (Å²) in [4.78, 5) is 0. The van der Waals surface area contributed by atoms with Gasteiger partial charge in [0.15, 0.2) is 5.11 Å². The Morgan fingerprint density at radius 2 is 1.95 bits per heavy atom. The van der Waals surface area contributed by atoms with Crippen molar-refractivity contribution < 1.29 is 13.5 Å². The molecule has 2 aromatic carbocycles. The van der Waals surface area contributed by atoms with Crippen molar-refractivity contribution in [1.29, 1.82) is 0 Å². The van der Waals surface area contributed by atoms with Gasteiger partial charge in [0.2, 0.25) is 0 Å². The zero-order valence-electron chi connectivity index (χ0n) is 11.4. The van der Waals surface area contributed by atoms with Gasteiger partial charge >= 0.3 is 0 Å². The molecular formula is C15H13F2N3OS. The van der Waals surface area contributed by atoms with Crippen LogP contribution in [0.15, 0.2) is 47.6 Å². The number of hydrogen-bond donors (Lipinski definition) is 2. The Kier molecular flexibility index (Phi) is 5.37. The molecule has 0 saturated heterocycles. The van der Waals surface area contributed by atoms with Gasteiger partial charge in [0.1, 0.15) is 24.0 Å². The molecule has 0 amide bonds. The molecule has 0 aromatic heterocycles. The zero-order chi connectivity index (χ0) is 15.9. The second-order valence-corrected chi connectivity index (χ2v) is 4.77. The van der Waals surface area contributed by atoms with E-state index in [1.807, 2.05) is 0 Å². The summed E-state index contributed by atoms with van der Waals surface area (Å²) in [5.41, 5.74) is 8.62. The molecule has 2 rings (SSSR count). The first-order valence-electron chi connectivity index (χ1n) is 6.30. The molecule has 7 heteroatoms. The summed E-state index contributed by atoms with van der Waals surface area (Å²) in [6, 6.07) is 10.1. The number of nitrogens with one attached hydrogen (secondary N) is 1. The summed E-state index contributed by atoms with van der Waals surface area (Å²) in [5, 5.41) is 3.89. The van der Waals surface area contributed by atoms with E-state index in [0.29, 0.717) is 5.75 Å². The predicted molar refractivity (Wildman–Crippen MR) is 84.6 cm³/mol. The fourth-order valence-electron chi connectivity index (χ4n) is 1.64. The number of thiocarbonyl (C=S) groups is 1. The van der Waals surface area contributed by atoms with E-state index in [1.165, 1.54) is 6.21 Å². The maximum atomic E-state index is 13.4. The second kappa shape index (κ2) is 7.46. The number of ether oxygens (including phenoxy) is 1. The predicted octanol–water partition coefficient (Wildman–Crippen LogP) is 2.71. The van der Waals surface area contributed by atoms with Gasteiger partial charge in [-0.25, -0.2) is 8.78 Å². The van der Waals surface area contributed by atoms with Crippen LogP contribution in [0.2, 0.25) is 0 Å². The van der Waals surface area contributed by atoms with E-state index in [0.717, 1.165) is 23.8 Å². The van der Waals surface area contributed by atoms with Gasteiger partial charge in [-0.15, -0.1) is 0 Å². The lowest BCUT2D eigenvalue weighted by molar-refractivity contribution is 0.299. The third-order valence-corrected chi connectivity index (χ3v) is 2.76. The SMILES string of the molecule is NC(=S)NN=Cc1ccc(OCc2cc(F)ccc2F)cc1. The van der Waals surface area contributed by atoms with Crippen LogP contribution in [-0.4, -0.2) is 11.3 Å². The first-order chi connectivity index (χ1) is 10.5. The molecule has 0 fully saturated rings. The number of rotatable bonds is 5. The van der Waals surface area contributed by atoms with Crippen molar-refractivity contribution in [2.45, 2.75) is 6.61 Å². The molecule has 0 atom stereocenters. The number of halogens is 2. The van der Waals surface area contributed by atoms with Crippen molar-refractivity contribution in [2.24, 2.45) is 10.8 Å². The lowest BCUT2D eigenvalue weighted by atomic mass is 10.2. The molecular weight excluding hydrogens is 308 g/mol. The molecule has 0 radical (unpaired) electrons. The highest BCUT2D eigenvalue weighted by atomic mass is 32.1. The smallest absolute Gasteiger partial charge is 0.184 e. The molecule has 0 aliphatic heterocycles. The number of benzene rings is 2. The highest BCUT2D eigenvalue weighted by Gasteiger charge is 2.04. The quantitative estimate of drug-likeness (QED) is 0.505. The summed E-state index contributed by atoms with van der Waals surface area (Å²) in [6.45, 7) is -0.0555. The standard InChI is InChI=1S/C15H13F2N3OS/c16-12-3-6-14(17)11(7-12)9-21-13-4-1-10(2-5-13)8-19-20-15(18)22/h1-8H,9H2,(H3,18,20,22). The molecule has 3 N–H and O–H groups in total. The minimum absolute atomic E-state index is 0.0555. The molecule has 0 aliphatic carbocycles. The van der Waals surface area contributed by atoms with E-state index in [2.05, 4.69) is 22.7 Å². The molecule has 22 heavy (non-hydrogen) atoms. The maximum Gasteiger partial charge on any atom is 0.184 e. The first-order valence-corrected chi connectivity index (χ1v) is 6.71.